The summed E-state index contributed by atoms with van der Waals surface area (Å²) in [7, 11) is 0. The van der Waals surface area contributed by atoms with Crippen LogP contribution in [0.2, 0.25) is 0 Å². The molecule has 5 atom stereocenters. The molecule has 0 radical (unpaired) electrons. The zero-order valence-electron chi connectivity index (χ0n) is 12.6. The maximum atomic E-state index is 11.3. The van der Waals surface area contributed by atoms with Gasteiger partial charge in [0.2, 0.25) is 0 Å². The summed E-state index contributed by atoms with van der Waals surface area (Å²) in [6, 6.07) is 0. The third kappa shape index (κ3) is 4.61. The molecule has 0 N–H and O–H groups in total. The molecule has 0 amide bonds. The van der Waals surface area contributed by atoms with Crippen molar-refractivity contribution in [3.63, 3.8) is 0 Å². The van der Waals surface area contributed by atoms with E-state index in [0.717, 1.165) is 13.8 Å². The van der Waals surface area contributed by atoms with Crippen molar-refractivity contribution in [1.29, 1.82) is 0 Å². The summed E-state index contributed by atoms with van der Waals surface area (Å²) in [5, 5.41) is 3.39. The van der Waals surface area contributed by atoms with Crippen molar-refractivity contribution >= 4 is 17.9 Å². The van der Waals surface area contributed by atoms with Gasteiger partial charge in [-0.2, -0.15) is 0 Å². The van der Waals surface area contributed by atoms with Gasteiger partial charge in [-0.3, -0.25) is 14.4 Å². The van der Waals surface area contributed by atoms with Crippen molar-refractivity contribution in [2.75, 3.05) is 0 Å². The second kappa shape index (κ2) is 7.62. The van der Waals surface area contributed by atoms with Gasteiger partial charge < -0.3 is 18.9 Å². The Morgan fingerprint density at radius 3 is 1.86 bits per heavy atom. The Morgan fingerprint density at radius 2 is 1.41 bits per heavy atom. The molecule has 122 valence electrons. The van der Waals surface area contributed by atoms with Crippen LogP contribution < -0.4 is 0 Å². The molecule has 10 nitrogen and oxygen atoms in total. The topological polar surface area (TPSA) is 137 Å². The van der Waals surface area contributed by atoms with E-state index in [1.807, 2.05) is 0 Å². The molecule has 22 heavy (non-hydrogen) atoms. The van der Waals surface area contributed by atoms with E-state index in [-0.39, 0.29) is 0 Å². The predicted molar refractivity (Wildman–Crippen MR) is 70.1 cm³/mol. The molecule has 1 saturated heterocycles. The van der Waals surface area contributed by atoms with Gasteiger partial charge in [0, 0.05) is 25.7 Å². The molecular formula is C12H17N3O7. The van der Waals surface area contributed by atoms with Crippen LogP contribution in [0.25, 0.3) is 10.4 Å². The van der Waals surface area contributed by atoms with Crippen LogP contribution in [-0.4, -0.2) is 48.6 Å². The van der Waals surface area contributed by atoms with Crippen LogP contribution in [0.5, 0.6) is 0 Å². The van der Waals surface area contributed by atoms with Gasteiger partial charge in [0.15, 0.2) is 24.5 Å². The van der Waals surface area contributed by atoms with Gasteiger partial charge in [-0.25, -0.2) is 0 Å². The summed E-state index contributed by atoms with van der Waals surface area (Å²) >= 11 is 0. The number of carbonyl (C=O) groups excluding carboxylic acids is 3. The van der Waals surface area contributed by atoms with Crippen LogP contribution in [0.1, 0.15) is 27.7 Å². The predicted octanol–water partition coefficient (Wildman–Crippen LogP) is 0.837. The van der Waals surface area contributed by atoms with Crippen LogP contribution in [0.15, 0.2) is 5.11 Å². The fourth-order valence-corrected chi connectivity index (χ4v) is 2.13. The lowest BCUT2D eigenvalue weighted by Crippen LogP contribution is -2.59. The molecule has 0 aromatic rings. The average Bonchev–Trinajstić information content (AvgIpc) is 2.37. The number of ether oxygens (including phenoxy) is 4. The normalized spacial score (nSPS) is 30.6. The van der Waals surface area contributed by atoms with Gasteiger partial charge in [0.25, 0.3) is 0 Å². The number of azide groups is 1. The zero-order chi connectivity index (χ0) is 16.9. The number of hydrogen-bond acceptors (Lipinski definition) is 8. The molecule has 0 bridgehead atoms. The first-order chi connectivity index (χ1) is 10.3. The largest absolute Gasteiger partial charge is 0.456 e. The molecule has 0 saturated carbocycles. The Balaban J connectivity index is 3.18. The van der Waals surface area contributed by atoms with Crippen molar-refractivity contribution in [3.8, 4) is 0 Å². The maximum Gasteiger partial charge on any atom is 0.303 e. The SMILES string of the molecule is CC(=O)OC1[C@H](N=[N+]=[N-])OC(C)[C@H](OC(C)=O)[C@@H]1OC(C)=O. The number of esters is 3. The highest BCUT2D eigenvalue weighted by Crippen LogP contribution is 2.29. The summed E-state index contributed by atoms with van der Waals surface area (Å²) in [6.45, 7) is 5.01. The van der Waals surface area contributed by atoms with Gasteiger partial charge >= 0.3 is 17.9 Å². The van der Waals surface area contributed by atoms with Gasteiger partial charge in [-0.05, 0) is 12.5 Å². The minimum atomic E-state index is -1.22. The standard InChI is InChI=1S/C12H17N3O7/c1-5-9(20-6(2)16)10(21-7(3)17)11(22-8(4)18)12(19-5)14-15-13/h5,9-12H,1-4H3/t5?,9-,10-,11?,12+/m0/s1. The van der Waals surface area contributed by atoms with Crippen molar-refractivity contribution in [3.05, 3.63) is 10.4 Å². The molecule has 1 aliphatic rings. The van der Waals surface area contributed by atoms with E-state index in [2.05, 4.69) is 10.0 Å². The fourth-order valence-electron chi connectivity index (χ4n) is 2.13. The van der Waals surface area contributed by atoms with Crippen molar-refractivity contribution in [2.45, 2.75) is 58.3 Å². The molecule has 0 spiro atoms. The van der Waals surface area contributed by atoms with Gasteiger partial charge in [-0.1, -0.05) is 5.11 Å². The van der Waals surface area contributed by atoms with E-state index in [0.29, 0.717) is 0 Å². The quantitative estimate of drug-likeness (QED) is 0.246. The molecule has 0 aromatic carbocycles. The summed E-state index contributed by atoms with van der Waals surface area (Å²) in [6.07, 6.45) is -5.33. The third-order valence-corrected chi connectivity index (χ3v) is 2.82. The summed E-state index contributed by atoms with van der Waals surface area (Å²) in [5.74, 6) is -1.99. The second-order valence-electron chi connectivity index (χ2n) is 4.66. The number of carbonyl (C=O) groups is 3. The summed E-state index contributed by atoms with van der Waals surface area (Å²) < 4.78 is 20.6. The van der Waals surface area contributed by atoms with Crippen LogP contribution in [0, 0.1) is 0 Å². The van der Waals surface area contributed by atoms with Crippen LogP contribution in [-0.2, 0) is 33.3 Å². The van der Waals surface area contributed by atoms with Crippen LogP contribution in [0.4, 0.5) is 0 Å². The van der Waals surface area contributed by atoms with E-state index in [9.17, 15) is 14.4 Å². The zero-order valence-corrected chi connectivity index (χ0v) is 12.6. The minimum absolute atomic E-state index is 0.624. The first-order valence-corrected chi connectivity index (χ1v) is 6.47. The Hall–Kier alpha value is -2.32. The lowest BCUT2D eigenvalue weighted by molar-refractivity contribution is -0.242. The highest BCUT2D eigenvalue weighted by Gasteiger charge is 2.49. The summed E-state index contributed by atoms with van der Waals surface area (Å²) in [4.78, 5) is 36.4. The lowest BCUT2D eigenvalue weighted by atomic mass is 9.98. The molecule has 0 aliphatic carbocycles. The number of hydrogen-bond donors (Lipinski definition) is 0. The Kier molecular flexibility index (Phi) is 6.14. The molecule has 10 heteroatoms. The highest BCUT2D eigenvalue weighted by atomic mass is 16.6. The van der Waals surface area contributed by atoms with Gasteiger partial charge in [-0.15, -0.1) is 0 Å². The minimum Gasteiger partial charge on any atom is -0.456 e. The van der Waals surface area contributed by atoms with Gasteiger partial charge in [0.05, 0.1) is 6.10 Å². The van der Waals surface area contributed by atoms with Crippen LogP contribution >= 0.6 is 0 Å². The fraction of sp³-hybridized carbons (Fsp3) is 0.750. The molecule has 1 fully saturated rings. The van der Waals surface area contributed by atoms with Crippen molar-refractivity contribution in [2.24, 2.45) is 5.11 Å². The summed E-state index contributed by atoms with van der Waals surface area (Å²) in [5.41, 5.74) is 8.58. The smallest absolute Gasteiger partial charge is 0.303 e. The Bertz CT molecular complexity index is 503. The average molecular weight is 315 g/mol. The second-order valence-corrected chi connectivity index (χ2v) is 4.66. The molecule has 0 aromatic heterocycles. The maximum absolute atomic E-state index is 11.3. The molecule has 1 aliphatic heterocycles. The third-order valence-electron chi connectivity index (χ3n) is 2.82. The van der Waals surface area contributed by atoms with Crippen LogP contribution in [0.3, 0.4) is 0 Å². The lowest BCUT2D eigenvalue weighted by Gasteiger charge is -2.42. The molecular weight excluding hydrogens is 298 g/mol. The Labute approximate surface area is 126 Å². The van der Waals surface area contributed by atoms with Gasteiger partial charge in [0.1, 0.15) is 0 Å². The first-order valence-electron chi connectivity index (χ1n) is 6.47. The number of rotatable bonds is 4. The van der Waals surface area contributed by atoms with E-state index >= 15 is 0 Å². The number of nitrogens with zero attached hydrogens (tertiary/aromatic N) is 3. The Morgan fingerprint density at radius 1 is 0.955 bits per heavy atom. The monoisotopic (exact) mass is 315 g/mol. The molecule has 2 unspecified atom stereocenters. The van der Waals surface area contributed by atoms with E-state index in [1.54, 1.807) is 6.92 Å². The first kappa shape index (κ1) is 17.7. The van der Waals surface area contributed by atoms with E-state index in [1.165, 1.54) is 6.92 Å². The van der Waals surface area contributed by atoms with E-state index in [4.69, 9.17) is 24.5 Å². The van der Waals surface area contributed by atoms with Crippen molar-refractivity contribution < 1.29 is 33.3 Å². The molecule has 1 heterocycles. The highest BCUT2D eigenvalue weighted by molar-refractivity contribution is 5.68. The molecule has 1 rings (SSSR count). The van der Waals surface area contributed by atoms with E-state index < -0.39 is 48.6 Å². The van der Waals surface area contributed by atoms with Crippen molar-refractivity contribution in [1.82, 2.24) is 0 Å².